The fourth-order valence-corrected chi connectivity index (χ4v) is 4.12. The summed E-state index contributed by atoms with van der Waals surface area (Å²) >= 11 is 15.0. The van der Waals surface area contributed by atoms with Gasteiger partial charge in [0.25, 0.3) is 0 Å². The molecular formula is C13H12Br2ClNS. The molecule has 0 saturated carbocycles. The molecule has 0 aliphatic heterocycles. The number of thiophene rings is 1. The summed E-state index contributed by atoms with van der Waals surface area (Å²) in [5, 5.41) is 6.22. The summed E-state index contributed by atoms with van der Waals surface area (Å²) in [5.74, 6) is 0. The summed E-state index contributed by atoms with van der Waals surface area (Å²) in [4.78, 5) is 1.33. The summed E-state index contributed by atoms with van der Waals surface area (Å²) in [6, 6.07) is 8.41. The van der Waals surface area contributed by atoms with Crippen molar-refractivity contribution >= 4 is 54.8 Å². The molecule has 0 aliphatic rings. The van der Waals surface area contributed by atoms with E-state index in [4.69, 9.17) is 11.6 Å². The van der Waals surface area contributed by atoms with Crippen LogP contribution >= 0.6 is 54.8 Å². The van der Waals surface area contributed by atoms with Gasteiger partial charge in [0.1, 0.15) is 0 Å². The van der Waals surface area contributed by atoms with Crippen LogP contribution in [0.3, 0.4) is 0 Å². The van der Waals surface area contributed by atoms with Gasteiger partial charge in [-0.1, -0.05) is 33.6 Å². The average molecular weight is 410 g/mol. The van der Waals surface area contributed by atoms with E-state index in [2.05, 4.69) is 54.7 Å². The molecule has 1 aromatic heterocycles. The lowest BCUT2D eigenvalue weighted by molar-refractivity contribution is 0.596. The van der Waals surface area contributed by atoms with Crippen molar-refractivity contribution in [3.63, 3.8) is 0 Å². The third-order valence-corrected chi connectivity index (χ3v) is 5.25. The zero-order valence-electron chi connectivity index (χ0n) is 9.71. The molecular weight excluding hydrogens is 397 g/mol. The molecule has 0 amide bonds. The first-order valence-electron chi connectivity index (χ1n) is 5.45. The summed E-state index contributed by atoms with van der Waals surface area (Å²) in [5.41, 5.74) is 1.13. The van der Waals surface area contributed by atoms with Gasteiger partial charge in [-0.2, -0.15) is 0 Å². The Morgan fingerprint density at radius 2 is 2.06 bits per heavy atom. The molecule has 1 aromatic carbocycles. The zero-order chi connectivity index (χ0) is 13.1. The van der Waals surface area contributed by atoms with Crippen molar-refractivity contribution in [2.24, 2.45) is 0 Å². The molecule has 1 nitrogen and oxygen atoms in total. The number of nitrogens with one attached hydrogen (secondary N) is 1. The first kappa shape index (κ1) is 14.5. The highest BCUT2D eigenvalue weighted by Crippen LogP contribution is 2.30. The van der Waals surface area contributed by atoms with Crippen LogP contribution in [0.15, 0.2) is 38.6 Å². The highest BCUT2D eigenvalue weighted by molar-refractivity contribution is 9.10. The second-order valence-electron chi connectivity index (χ2n) is 3.94. The van der Waals surface area contributed by atoms with Crippen LogP contribution in [-0.4, -0.2) is 7.05 Å². The van der Waals surface area contributed by atoms with E-state index in [0.717, 1.165) is 26.0 Å². The number of benzene rings is 1. The molecule has 18 heavy (non-hydrogen) atoms. The largest absolute Gasteiger partial charge is 0.313 e. The molecule has 0 radical (unpaired) electrons. The van der Waals surface area contributed by atoms with Crippen LogP contribution < -0.4 is 5.32 Å². The molecule has 0 bridgehead atoms. The summed E-state index contributed by atoms with van der Waals surface area (Å²) in [6.45, 7) is 0. The van der Waals surface area contributed by atoms with Crippen LogP contribution in [0.4, 0.5) is 0 Å². The molecule has 0 spiro atoms. The Kier molecular flexibility index (Phi) is 5.27. The van der Waals surface area contributed by atoms with Gasteiger partial charge in [0.2, 0.25) is 0 Å². The normalized spacial score (nSPS) is 12.7. The molecule has 96 valence electrons. The van der Waals surface area contributed by atoms with E-state index in [9.17, 15) is 0 Å². The van der Waals surface area contributed by atoms with Crippen LogP contribution in [0.5, 0.6) is 0 Å². The topological polar surface area (TPSA) is 12.0 Å². The zero-order valence-corrected chi connectivity index (χ0v) is 14.5. The molecule has 5 heteroatoms. The van der Waals surface area contributed by atoms with Gasteiger partial charge in [-0.25, -0.2) is 0 Å². The highest BCUT2D eigenvalue weighted by Gasteiger charge is 2.14. The molecule has 1 unspecified atom stereocenters. The Hall–Kier alpha value is 0.130. The van der Waals surface area contributed by atoms with E-state index < -0.39 is 0 Å². The minimum atomic E-state index is 0.233. The van der Waals surface area contributed by atoms with E-state index in [1.807, 2.05) is 19.2 Å². The van der Waals surface area contributed by atoms with Crippen LogP contribution in [0, 0.1) is 0 Å². The average Bonchev–Trinajstić information content (AvgIpc) is 2.72. The molecule has 1 atom stereocenters. The van der Waals surface area contributed by atoms with Crippen molar-refractivity contribution in [1.82, 2.24) is 5.32 Å². The number of likely N-dealkylation sites (N-methyl/N-ethyl adjacent to an activating group) is 1. The van der Waals surface area contributed by atoms with Crippen molar-refractivity contribution in [2.75, 3.05) is 7.05 Å². The number of halogens is 3. The van der Waals surface area contributed by atoms with E-state index in [1.54, 1.807) is 11.3 Å². The molecule has 0 aliphatic carbocycles. The van der Waals surface area contributed by atoms with Gasteiger partial charge in [0.15, 0.2) is 0 Å². The van der Waals surface area contributed by atoms with Crippen LogP contribution in [0.2, 0.25) is 5.02 Å². The molecule has 0 saturated heterocycles. The lowest BCUT2D eigenvalue weighted by Crippen LogP contribution is -2.18. The summed E-state index contributed by atoms with van der Waals surface area (Å²) < 4.78 is 2.14. The Bertz CT molecular complexity index is 542. The molecule has 1 heterocycles. The maximum atomic E-state index is 6.30. The van der Waals surface area contributed by atoms with Crippen molar-refractivity contribution in [3.8, 4) is 0 Å². The maximum Gasteiger partial charge on any atom is 0.0465 e. The van der Waals surface area contributed by atoms with E-state index >= 15 is 0 Å². The lowest BCUT2D eigenvalue weighted by atomic mass is 10.0. The second-order valence-corrected chi connectivity index (χ2v) is 7.18. The first-order chi connectivity index (χ1) is 8.60. The Balaban J connectivity index is 2.22. The first-order valence-corrected chi connectivity index (χ1v) is 8.29. The third kappa shape index (κ3) is 3.58. The van der Waals surface area contributed by atoms with E-state index in [-0.39, 0.29) is 6.04 Å². The Morgan fingerprint density at radius 3 is 2.61 bits per heavy atom. The van der Waals surface area contributed by atoms with Crippen molar-refractivity contribution < 1.29 is 0 Å². The fourth-order valence-electron chi connectivity index (χ4n) is 1.81. The summed E-state index contributed by atoms with van der Waals surface area (Å²) in [6.07, 6.45) is 0.939. The van der Waals surface area contributed by atoms with Gasteiger partial charge in [-0.05, 0) is 46.7 Å². The van der Waals surface area contributed by atoms with Gasteiger partial charge in [0, 0.05) is 36.7 Å². The van der Waals surface area contributed by atoms with Gasteiger partial charge < -0.3 is 5.32 Å². The summed E-state index contributed by atoms with van der Waals surface area (Å²) in [7, 11) is 1.96. The Labute approximate surface area is 133 Å². The van der Waals surface area contributed by atoms with Gasteiger partial charge in [-0.15, -0.1) is 11.3 Å². The molecule has 2 aromatic rings. The quantitative estimate of drug-likeness (QED) is 0.710. The van der Waals surface area contributed by atoms with Crippen molar-refractivity contribution in [1.29, 1.82) is 0 Å². The second kappa shape index (κ2) is 6.53. The highest BCUT2D eigenvalue weighted by atomic mass is 79.9. The smallest absolute Gasteiger partial charge is 0.0465 e. The minimum Gasteiger partial charge on any atom is -0.313 e. The van der Waals surface area contributed by atoms with Gasteiger partial charge >= 0.3 is 0 Å². The molecule has 2 rings (SSSR count). The lowest BCUT2D eigenvalue weighted by Gasteiger charge is -2.17. The van der Waals surface area contributed by atoms with Gasteiger partial charge in [0.05, 0.1) is 0 Å². The number of hydrogen-bond donors (Lipinski definition) is 1. The standard InChI is InChI=1S/C13H12Br2ClNS/c1-17-13(6-10-4-9(15)7-18-10)11-3-2-8(14)5-12(11)16/h2-5,7,13,17H,6H2,1H3. The minimum absolute atomic E-state index is 0.233. The van der Waals surface area contributed by atoms with Crippen molar-refractivity contribution in [3.05, 3.63) is 54.1 Å². The predicted molar refractivity (Wildman–Crippen MR) is 86.7 cm³/mol. The molecule has 0 fully saturated rings. The number of rotatable bonds is 4. The maximum absolute atomic E-state index is 6.30. The molecule has 1 N–H and O–H groups in total. The fraction of sp³-hybridized carbons (Fsp3) is 0.231. The van der Waals surface area contributed by atoms with E-state index in [1.165, 1.54) is 4.88 Å². The van der Waals surface area contributed by atoms with Gasteiger partial charge in [-0.3, -0.25) is 0 Å². The predicted octanol–water partition coefficient (Wildman–Crippen LogP) is 5.43. The van der Waals surface area contributed by atoms with Crippen LogP contribution in [0.1, 0.15) is 16.5 Å². The van der Waals surface area contributed by atoms with Crippen LogP contribution in [-0.2, 0) is 6.42 Å². The van der Waals surface area contributed by atoms with Crippen LogP contribution in [0.25, 0.3) is 0 Å². The SMILES string of the molecule is CNC(Cc1cc(Br)cs1)c1ccc(Br)cc1Cl. The van der Waals surface area contributed by atoms with E-state index in [0.29, 0.717) is 0 Å². The number of hydrogen-bond acceptors (Lipinski definition) is 2. The Morgan fingerprint density at radius 1 is 1.28 bits per heavy atom. The third-order valence-electron chi connectivity index (χ3n) is 2.71. The van der Waals surface area contributed by atoms with Crippen molar-refractivity contribution in [2.45, 2.75) is 12.5 Å². The monoisotopic (exact) mass is 407 g/mol.